The van der Waals surface area contributed by atoms with Crippen LogP contribution in [-0.2, 0) is 10.8 Å². The van der Waals surface area contributed by atoms with Gasteiger partial charge in [-0.15, -0.1) is 0 Å². The molecule has 1 unspecified atom stereocenters. The van der Waals surface area contributed by atoms with Crippen molar-refractivity contribution in [3.05, 3.63) is 77.3 Å². The van der Waals surface area contributed by atoms with E-state index in [9.17, 15) is 4.21 Å². The number of rotatable bonds is 2. The molecule has 1 nitrogen and oxygen atoms in total. The molecule has 0 spiro atoms. The van der Waals surface area contributed by atoms with Crippen LogP contribution in [0, 0.1) is 0 Å². The minimum Gasteiger partial charge on any atom is -0.255 e. The fourth-order valence-electron chi connectivity index (χ4n) is 3.16. The molecule has 0 aliphatic rings. The van der Waals surface area contributed by atoms with Crippen molar-refractivity contribution in [2.45, 2.75) is 4.90 Å². The fraction of sp³-hybridized carbons (Fsp3) is 0.0476. The lowest BCUT2D eigenvalue weighted by atomic mass is 9.96. The minimum absolute atomic E-state index is 0.876. The van der Waals surface area contributed by atoms with Crippen molar-refractivity contribution in [1.82, 2.24) is 0 Å². The van der Waals surface area contributed by atoms with Crippen LogP contribution in [0.5, 0.6) is 0 Å². The highest BCUT2D eigenvalue weighted by Gasteiger charge is 2.13. The maximum Gasteiger partial charge on any atom is 0.0504 e. The highest BCUT2D eigenvalue weighted by Crippen LogP contribution is 2.37. The molecule has 0 aliphatic heterocycles. The Labute approximate surface area is 151 Å². The summed E-state index contributed by atoms with van der Waals surface area (Å²) in [7, 11) is -1.06. The third-order valence-electron chi connectivity index (χ3n) is 4.32. The summed E-state index contributed by atoms with van der Waals surface area (Å²) in [5.41, 5.74) is 2.16. The van der Waals surface area contributed by atoms with Crippen LogP contribution in [-0.4, -0.2) is 10.5 Å². The molecule has 0 N–H and O–H groups in total. The SMILES string of the molecule is CS(=O)c1cc2ccccc2cc1-c1ccc(Br)c2ccccc12. The number of benzene rings is 4. The maximum absolute atomic E-state index is 12.4. The highest BCUT2D eigenvalue weighted by molar-refractivity contribution is 9.10. The van der Waals surface area contributed by atoms with Crippen molar-refractivity contribution in [3.8, 4) is 11.1 Å². The topological polar surface area (TPSA) is 17.1 Å². The molecule has 0 fully saturated rings. The van der Waals surface area contributed by atoms with Crippen LogP contribution in [0.3, 0.4) is 0 Å². The maximum atomic E-state index is 12.4. The average Bonchev–Trinajstić information content (AvgIpc) is 2.61. The number of hydrogen-bond donors (Lipinski definition) is 0. The van der Waals surface area contributed by atoms with E-state index in [0.29, 0.717) is 0 Å². The molecule has 3 heteroatoms. The first kappa shape index (κ1) is 15.6. The summed E-state index contributed by atoms with van der Waals surface area (Å²) < 4.78 is 13.5. The van der Waals surface area contributed by atoms with Crippen LogP contribution in [0.4, 0.5) is 0 Å². The molecule has 4 aromatic carbocycles. The van der Waals surface area contributed by atoms with Gasteiger partial charge in [-0.3, -0.25) is 4.21 Å². The molecule has 0 aliphatic carbocycles. The molecule has 24 heavy (non-hydrogen) atoms. The lowest BCUT2D eigenvalue weighted by Gasteiger charge is -2.13. The Morgan fingerprint density at radius 2 is 1.38 bits per heavy atom. The first-order valence-electron chi connectivity index (χ1n) is 7.69. The molecule has 0 aromatic heterocycles. The number of fused-ring (bicyclic) bond motifs is 2. The molecular formula is C21H15BrOS. The smallest absolute Gasteiger partial charge is 0.0504 e. The van der Waals surface area contributed by atoms with E-state index < -0.39 is 10.8 Å². The van der Waals surface area contributed by atoms with E-state index in [0.717, 1.165) is 42.0 Å². The van der Waals surface area contributed by atoms with Gasteiger partial charge in [0.15, 0.2) is 0 Å². The van der Waals surface area contributed by atoms with Gasteiger partial charge in [0.1, 0.15) is 0 Å². The predicted molar refractivity (Wildman–Crippen MR) is 107 cm³/mol. The Balaban J connectivity index is 2.11. The second-order valence-corrected chi connectivity index (χ2v) is 7.99. The first-order valence-corrected chi connectivity index (χ1v) is 10.0. The summed E-state index contributed by atoms with van der Waals surface area (Å²) in [6.07, 6.45) is 1.74. The van der Waals surface area contributed by atoms with Gasteiger partial charge in [0.2, 0.25) is 0 Å². The molecule has 0 saturated heterocycles. The molecular weight excluding hydrogens is 380 g/mol. The largest absolute Gasteiger partial charge is 0.255 e. The van der Waals surface area contributed by atoms with Crippen molar-refractivity contribution >= 4 is 48.3 Å². The average molecular weight is 395 g/mol. The Morgan fingerprint density at radius 1 is 0.750 bits per heavy atom. The molecule has 0 heterocycles. The van der Waals surface area contributed by atoms with E-state index in [1.54, 1.807) is 6.26 Å². The van der Waals surface area contributed by atoms with E-state index in [4.69, 9.17) is 0 Å². The zero-order valence-corrected chi connectivity index (χ0v) is 15.5. The van der Waals surface area contributed by atoms with Gasteiger partial charge in [-0.1, -0.05) is 70.5 Å². The first-order chi connectivity index (χ1) is 11.6. The van der Waals surface area contributed by atoms with Gasteiger partial charge < -0.3 is 0 Å². The quantitative estimate of drug-likeness (QED) is 0.397. The Morgan fingerprint density at radius 3 is 2.08 bits per heavy atom. The number of hydrogen-bond acceptors (Lipinski definition) is 1. The Hall–Kier alpha value is -1.97. The standard InChI is InChI=1S/C21H15BrOS/c1-24(23)21-13-15-7-3-2-6-14(15)12-19(21)17-10-11-20(22)18-9-5-4-8-16(17)18/h2-13H,1H3. The van der Waals surface area contributed by atoms with E-state index in [1.165, 1.54) is 0 Å². The second-order valence-electron chi connectivity index (χ2n) is 5.79. The summed E-state index contributed by atoms with van der Waals surface area (Å²) in [6, 6.07) is 24.9. The molecule has 118 valence electrons. The van der Waals surface area contributed by atoms with E-state index in [2.05, 4.69) is 64.5 Å². The van der Waals surface area contributed by atoms with E-state index >= 15 is 0 Å². The monoisotopic (exact) mass is 394 g/mol. The summed E-state index contributed by atoms with van der Waals surface area (Å²) in [5.74, 6) is 0. The zero-order valence-electron chi connectivity index (χ0n) is 13.1. The lowest BCUT2D eigenvalue weighted by Crippen LogP contribution is -1.94. The summed E-state index contributed by atoms with van der Waals surface area (Å²) >= 11 is 3.63. The second kappa shape index (κ2) is 6.15. The summed E-state index contributed by atoms with van der Waals surface area (Å²) in [6.45, 7) is 0. The summed E-state index contributed by atoms with van der Waals surface area (Å²) in [5, 5.41) is 4.60. The third kappa shape index (κ3) is 2.58. The van der Waals surface area contributed by atoms with E-state index in [1.807, 2.05) is 24.3 Å². The molecule has 4 aromatic rings. The summed E-state index contributed by atoms with van der Waals surface area (Å²) in [4.78, 5) is 0.876. The van der Waals surface area contributed by atoms with Gasteiger partial charge in [0, 0.05) is 15.6 Å². The van der Waals surface area contributed by atoms with Crippen LogP contribution < -0.4 is 0 Å². The van der Waals surface area contributed by atoms with Crippen LogP contribution in [0.2, 0.25) is 0 Å². The lowest BCUT2D eigenvalue weighted by molar-refractivity contribution is 0.687. The van der Waals surface area contributed by atoms with Gasteiger partial charge in [-0.2, -0.15) is 0 Å². The van der Waals surface area contributed by atoms with Crippen LogP contribution in [0.25, 0.3) is 32.7 Å². The van der Waals surface area contributed by atoms with Crippen molar-refractivity contribution in [1.29, 1.82) is 0 Å². The van der Waals surface area contributed by atoms with Gasteiger partial charge >= 0.3 is 0 Å². The number of halogens is 1. The molecule has 0 amide bonds. The molecule has 0 bridgehead atoms. The minimum atomic E-state index is -1.06. The van der Waals surface area contributed by atoms with Crippen molar-refractivity contribution in [2.24, 2.45) is 0 Å². The van der Waals surface area contributed by atoms with Gasteiger partial charge in [-0.25, -0.2) is 0 Å². The molecule has 0 radical (unpaired) electrons. The Bertz CT molecular complexity index is 1100. The normalized spacial score (nSPS) is 12.6. The van der Waals surface area contributed by atoms with Crippen LogP contribution >= 0.6 is 15.9 Å². The highest BCUT2D eigenvalue weighted by atomic mass is 79.9. The molecule has 4 rings (SSSR count). The third-order valence-corrected chi connectivity index (χ3v) is 5.97. The van der Waals surface area contributed by atoms with Gasteiger partial charge in [0.05, 0.1) is 10.8 Å². The van der Waals surface area contributed by atoms with Crippen molar-refractivity contribution in [2.75, 3.05) is 6.26 Å². The van der Waals surface area contributed by atoms with Gasteiger partial charge in [0.25, 0.3) is 0 Å². The zero-order chi connectivity index (χ0) is 16.7. The molecule has 1 atom stereocenters. The van der Waals surface area contributed by atoms with E-state index in [-0.39, 0.29) is 0 Å². The predicted octanol–water partition coefficient (Wildman–Crippen LogP) is 6.16. The molecule has 0 saturated carbocycles. The van der Waals surface area contributed by atoms with Crippen molar-refractivity contribution < 1.29 is 4.21 Å². The Kier molecular flexibility index (Phi) is 3.99. The van der Waals surface area contributed by atoms with Crippen LogP contribution in [0.1, 0.15) is 0 Å². The fourth-order valence-corrected chi connectivity index (χ4v) is 4.41. The van der Waals surface area contributed by atoms with Crippen molar-refractivity contribution in [3.63, 3.8) is 0 Å². The van der Waals surface area contributed by atoms with Crippen LogP contribution in [0.15, 0.2) is 82.2 Å². The van der Waals surface area contributed by atoms with Gasteiger partial charge in [-0.05, 0) is 50.9 Å².